The van der Waals surface area contributed by atoms with Crippen LogP contribution in [-0.4, -0.2) is 27.1 Å². The number of carboxylic acid groups (broad SMARTS) is 1. The average molecular weight is 305 g/mol. The standard InChI is InChI=1S/C15H19N3O2S/c1-3-8(2)12(15(19)20)18-13-11-9-5-4-6-10(9)21-14(11)17-7-16-13/h7-8,12H,3-6H2,1-2H3,(H,19,20)(H,16,17,18)/t8-,12-/m0/s1. The van der Waals surface area contributed by atoms with Crippen LogP contribution in [-0.2, 0) is 17.6 Å². The smallest absolute Gasteiger partial charge is 0.326 e. The lowest BCUT2D eigenvalue weighted by atomic mass is 9.99. The molecule has 0 unspecified atom stereocenters. The van der Waals surface area contributed by atoms with Crippen LogP contribution < -0.4 is 5.32 Å². The molecular weight excluding hydrogens is 286 g/mol. The van der Waals surface area contributed by atoms with Crippen molar-refractivity contribution in [3.63, 3.8) is 0 Å². The molecule has 0 fully saturated rings. The van der Waals surface area contributed by atoms with Gasteiger partial charge in [-0.05, 0) is 30.7 Å². The highest BCUT2D eigenvalue weighted by Crippen LogP contribution is 2.39. The molecule has 0 amide bonds. The molecule has 21 heavy (non-hydrogen) atoms. The number of rotatable bonds is 5. The molecule has 1 aliphatic rings. The zero-order chi connectivity index (χ0) is 15.0. The van der Waals surface area contributed by atoms with Crippen LogP contribution in [0.3, 0.4) is 0 Å². The van der Waals surface area contributed by atoms with Gasteiger partial charge in [0.2, 0.25) is 0 Å². The quantitative estimate of drug-likeness (QED) is 0.888. The van der Waals surface area contributed by atoms with Crippen molar-refractivity contribution in [3.8, 4) is 0 Å². The van der Waals surface area contributed by atoms with Crippen molar-refractivity contribution in [3.05, 3.63) is 16.8 Å². The van der Waals surface area contributed by atoms with Crippen LogP contribution in [0.1, 0.15) is 37.1 Å². The van der Waals surface area contributed by atoms with Crippen LogP contribution in [0.25, 0.3) is 10.2 Å². The Morgan fingerprint density at radius 3 is 3.00 bits per heavy atom. The van der Waals surface area contributed by atoms with Crippen molar-refractivity contribution >= 4 is 33.3 Å². The van der Waals surface area contributed by atoms with Crippen molar-refractivity contribution in [1.29, 1.82) is 0 Å². The molecule has 0 saturated heterocycles. The number of aromatic nitrogens is 2. The minimum atomic E-state index is -0.831. The normalized spacial score (nSPS) is 16.7. The minimum absolute atomic E-state index is 0.0409. The van der Waals surface area contributed by atoms with Gasteiger partial charge in [0.25, 0.3) is 0 Å². The maximum atomic E-state index is 11.5. The van der Waals surface area contributed by atoms with Gasteiger partial charge in [0.05, 0.1) is 5.39 Å². The minimum Gasteiger partial charge on any atom is -0.480 e. The number of nitrogens with zero attached hydrogens (tertiary/aromatic N) is 2. The van der Waals surface area contributed by atoms with E-state index in [0.717, 1.165) is 29.5 Å². The van der Waals surface area contributed by atoms with Gasteiger partial charge in [-0.3, -0.25) is 0 Å². The molecular formula is C15H19N3O2S. The first-order valence-electron chi connectivity index (χ1n) is 7.36. The van der Waals surface area contributed by atoms with Crippen molar-refractivity contribution in [2.45, 2.75) is 45.6 Å². The number of aryl methyl sites for hydroxylation is 2. The third-order valence-electron chi connectivity index (χ3n) is 4.27. The van der Waals surface area contributed by atoms with E-state index in [1.54, 1.807) is 11.3 Å². The average Bonchev–Trinajstić information content (AvgIpc) is 3.03. The fourth-order valence-electron chi connectivity index (χ4n) is 2.87. The fraction of sp³-hybridized carbons (Fsp3) is 0.533. The molecule has 2 N–H and O–H groups in total. The highest BCUT2D eigenvalue weighted by atomic mass is 32.1. The zero-order valence-electron chi connectivity index (χ0n) is 12.2. The van der Waals surface area contributed by atoms with Crippen LogP contribution in [0.4, 0.5) is 5.82 Å². The summed E-state index contributed by atoms with van der Waals surface area (Å²) in [5.41, 5.74) is 1.31. The second-order valence-corrected chi connectivity index (χ2v) is 6.69. The summed E-state index contributed by atoms with van der Waals surface area (Å²) < 4.78 is 0. The molecule has 0 aromatic carbocycles. The summed E-state index contributed by atoms with van der Waals surface area (Å²) in [6.07, 6.45) is 5.63. The van der Waals surface area contributed by atoms with Crippen molar-refractivity contribution in [2.24, 2.45) is 5.92 Å². The van der Waals surface area contributed by atoms with Gasteiger partial charge in [0.15, 0.2) is 0 Å². The van der Waals surface area contributed by atoms with Crippen LogP contribution in [0.15, 0.2) is 6.33 Å². The lowest BCUT2D eigenvalue weighted by Crippen LogP contribution is -2.35. The Kier molecular flexibility index (Phi) is 3.80. The summed E-state index contributed by atoms with van der Waals surface area (Å²) in [6, 6.07) is -0.620. The van der Waals surface area contributed by atoms with E-state index >= 15 is 0 Å². The topological polar surface area (TPSA) is 75.1 Å². The van der Waals surface area contributed by atoms with Gasteiger partial charge in [-0.25, -0.2) is 14.8 Å². The van der Waals surface area contributed by atoms with Crippen molar-refractivity contribution < 1.29 is 9.90 Å². The highest BCUT2D eigenvalue weighted by Gasteiger charge is 2.27. The Hall–Kier alpha value is -1.69. The molecule has 0 bridgehead atoms. The summed E-state index contributed by atoms with van der Waals surface area (Å²) in [4.78, 5) is 22.5. The Morgan fingerprint density at radius 1 is 1.48 bits per heavy atom. The first-order chi connectivity index (χ1) is 10.1. The van der Waals surface area contributed by atoms with E-state index in [9.17, 15) is 9.90 Å². The van der Waals surface area contributed by atoms with Gasteiger partial charge in [0, 0.05) is 4.88 Å². The van der Waals surface area contributed by atoms with Crippen LogP contribution in [0, 0.1) is 5.92 Å². The lowest BCUT2D eigenvalue weighted by molar-refractivity contribution is -0.139. The van der Waals surface area contributed by atoms with E-state index in [1.165, 1.54) is 23.2 Å². The molecule has 0 spiro atoms. The Morgan fingerprint density at radius 2 is 2.29 bits per heavy atom. The Bertz CT molecular complexity index is 683. The monoisotopic (exact) mass is 305 g/mol. The summed E-state index contributed by atoms with van der Waals surface area (Å²) in [5, 5.41) is 13.6. The summed E-state index contributed by atoms with van der Waals surface area (Å²) in [5.74, 6) is -0.116. The number of fused-ring (bicyclic) bond motifs is 3. The molecule has 3 rings (SSSR count). The third kappa shape index (κ3) is 2.48. The first kappa shape index (κ1) is 14.3. The maximum absolute atomic E-state index is 11.5. The predicted octanol–water partition coefficient (Wildman–Crippen LogP) is 3.09. The molecule has 2 atom stereocenters. The summed E-state index contributed by atoms with van der Waals surface area (Å²) in [6.45, 7) is 3.95. The molecule has 0 radical (unpaired) electrons. The van der Waals surface area contributed by atoms with Gasteiger partial charge < -0.3 is 10.4 Å². The second-order valence-electron chi connectivity index (χ2n) is 5.61. The van der Waals surface area contributed by atoms with E-state index in [4.69, 9.17) is 0 Å². The fourth-order valence-corrected chi connectivity index (χ4v) is 4.10. The molecule has 6 heteroatoms. The Labute approximate surface area is 127 Å². The van der Waals surface area contributed by atoms with Crippen LogP contribution in [0.2, 0.25) is 0 Å². The highest BCUT2D eigenvalue weighted by molar-refractivity contribution is 7.19. The number of nitrogens with one attached hydrogen (secondary N) is 1. The van der Waals surface area contributed by atoms with Crippen molar-refractivity contribution in [1.82, 2.24) is 9.97 Å². The van der Waals surface area contributed by atoms with E-state index < -0.39 is 12.0 Å². The first-order valence-corrected chi connectivity index (χ1v) is 8.18. The van der Waals surface area contributed by atoms with Crippen LogP contribution in [0.5, 0.6) is 0 Å². The number of aliphatic carboxylic acids is 1. The molecule has 0 aliphatic heterocycles. The molecule has 112 valence electrons. The van der Waals surface area contributed by atoms with Gasteiger partial charge >= 0.3 is 5.97 Å². The molecule has 2 heterocycles. The van der Waals surface area contributed by atoms with E-state index in [0.29, 0.717) is 5.82 Å². The second kappa shape index (κ2) is 5.60. The third-order valence-corrected chi connectivity index (χ3v) is 5.47. The van der Waals surface area contributed by atoms with Gasteiger partial charge in [0.1, 0.15) is 23.0 Å². The van der Waals surface area contributed by atoms with Gasteiger partial charge in [-0.2, -0.15) is 0 Å². The van der Waals surface area contributed by atoms with E-state index in [1.807, 2.05) is 13.8 Å². The number of carboxylic acids is 1. The zero-order valence-corrected chi connectivity index (χ0v) is 13.0. The molecule has 1 aliphatic carbocycles. The summed E-state index contributed by atoms with van der Waals surface area (Å²) in [7, 11) is 0. The van der Waals surface area contributed by atoms with Crippen molar-refractivity contribution in [2.75, 3.05) is 5.32 Å². The molecule has 0 saturated carbocycles. The van der Waals surface area contributed by atoms with Gasteiger partial charge in [-0.15, -0.1) is 11.3 Å². The largest absolute Gasteiger partial charge is 0.480 e. The maximum Gasteiger partial charge on any atom is 0.326 e. The number of anilines is 1. The van der Waals surface area contributed by atoms with E-state index in [-0.39, 0.29) is 5.92 Å². The van der Waals surface area contributed by atoms with E-state index in [2.05, 4.69) is 15.3 Å². The number of carbonyl (C=O) groups is 1. The molecule has 2 aromatic heterocycles. The number of hydrogen-bond acceptors (Lipinski definition) is 5. The predicted molar refractivity (Wildman–Crippen MR) is 83.9 cm³/mol. The number of thiophene rings is 1. The lowest BCUT2D eigenvalue weighted by Gasteiger charge is -2.21. The molecule has 5 nitrogen and oxygen atoms in total. The SMILES string of the molecule is CC[C@H](C)[C@H](Nc1ncnc2sc3c(c12)CCC3)C(=O)O. The van der Waals surface area contributed by atoms with Gasteiger partial charge in [-0.1, -0.05) is 20.3 Å². The number of hydrogen-bond donors (Lipinski definition) is 2. The van der Waals surface area contributed by atoms with Crippen LogP contribution >= 0.6 is 11.3 Å². The summed E-state index contributed by atoms with van der Waals surface area (Å²) >= 11 is 1.71. The molecule has 2 aromatic rings. The Balaban J connectivity index is 2.02.